The molecule has 4 rings (SSSR count). The zero-order chi connectivity index (χ0) is 33.8. The fourth-order valence-corrected chi connectivity index (χ4v) is 7.32. The zero-order valence-electron chi connectivity index (χ0n) is 26.7. The minimum absolute atomic E-state index is 0.145. The molecule has 0 fully saturated rings. The summed E-state index contributed by atoms with van der Waals surface area (Å²) in [6, 6.07) is 18.9. The Morgan fingerprint density at radius 3 is 2.34 bits per heavy atom. The number of aliphatic imine (C=N–C) groups is 1. The molecular weight excluding hydrogens is 639 g/mol. The molecule has 0 radical (unpaired) electrons. The van der Waals surface area contributed by atoms with Gasteiger partial charge in [0.15, 0.2) is 0 Å². The van der Waals surface area contributed by atoms with Gasteiger partial charge in [-0.05, 0) is 81.5 Å². The molecule has 1 amide bonds. The number of carbonyl (C=O) groups excluding carboxylic acids is 3. The Morgan fingerprint density at radius 1 is 0.979 bits per heavy atom. The highest BCUT2D eigenvalue weighted by atomic mass is 32.2. The number of esters is 1. The molecule has 47 heavy (non-hydrogen) atoms. The first-order chi connectivity index (χ1) is 22.6. The van der Waals surface area contributed by atoms with Gasteiger partial charge in [-0.3, -0.25) is 14.2 Å². The van der Waals surface area contributed by atoms with Gasteiger partial charge in [0, 0.05) is 23.1 Å². The molecule has 0 saturated carbocycles. The molecule has 3 aromatic rings. The summed E-state index contributed by atoms with van der Waals surface area (Å²) in [5, 5.41) is 10.8. The molecule has 1 heterocycles. The number of hydrogen-bond donors (Lipinski definition) is 3. The van der Waals surface area contributed by atoms with Gasteiger partial charge in [-0.15, -0.1) is 11.8 Å². The molecule has 0 bridgehead atoms. The molecule has 0 aromatic heterocycles. The maximum atomic E-state index is 14.5. The van der Waals surface area contributed by atoms with E-state index < -0.39 is 25.5 Å². The molecule has 0 spiro atoms. The van der Waals surface area contributed by atoms with Crippen LogP contribution in [0.1, 0.15) is 43.6 Å². The number of carbonyl (C=O) groups is 3. The lowest BCUT2D eigenvalue weighted by atomic mass is 10.1. The topological polar surface area (TPSA) is 144 Å². The first-order valence-electron chi connectivity index (χ1n) is 15.1. The van der Waals surface area contributed by atoms with E-state index in [0.29, 0.717) is 46.0 Å². The third-order valence-electron chi connectivity index (χ3n) is 6.60. The Morgan fingerprint density at radius 2 is 1.70 bits per heavy atom. The summed E-state index contributed by atoms with van der Waals surface area (Å²) in [5.74, 6) is 1.35. The van der Waals surface area contributed by atoms with E-state index in [9.17, 15) is 18.9 Å². The Labute approximate surface area is 279 Å². The summed E-state index contributed by atoms with van der Waals surface area (Å²) < 4.78 is 31.8. The van der Waals surface area contributed by atoms with Crippen LogP contribution in [0.4, 0.5) is 0 Å². The molecule has 3 atom stereocenters. The third kappa shape index (κ3) is 10.7. The van der Waals surface area contributed by atoms with E-state index in [-0.39, 0.29) is 25.0 Å². The van der Waals surface area contributed by atoms with Gasteiger partial charge in [-0.2, -0.15) is 0 Å². The Bertz CT molecular complexity index is 1650. The van der Waals surface area contributed by atoms with Gasteiger partial charge in [0.2, 0.25) is 7.44 Å². The second kappa shape index (κ2) is 17.1. The van der Waals surface area contributed by atoms with Crippen molar-refractivity contribution in [2.45, 2.75) is 52.3 Å². The van der Waals surface area contributed by atoms with E-state index in [4.69, 9.17) is 14.2 Å². The molecule has 1 aliphatic rings. The predicted molar refractivity (Wildman–Crippen MR) is 185 cm³/mol. The number of amides is 1. The van der Waals surface area contributed by atoms with Crippen LogP contribution in [0.3, 0.4) is 0 Å². The van der Waals surface area contributed by atoms with E-state index in [1.807, 2.05) is 49.6 Å². The van der Waals surface area contributed by atoms with Crippen LogP contribution in [0.25, 0.3) is 0 Å². The van der Waals surface area contributed by atoms with Crippen molar-refractivity contribution in [2.75, 3.05) is 12.4 Å². The first kappa shape index (κ1) is 35.6. The van der Waals surface area contributed by atoms with Gasteiger partial charge in [0.05, 0.1) is 24.5 Å². The van der Waals surface area contributed by atoms with E-state index in [0.717, 1.165) is 5.56 Å². The number of rotatable bonds is 15. The minimum Gasteiger partial charge on any atom is -0.491 e. The van der Waals surface area contributed by atoms with Crippen LogP contribution in [0.2, 0.25) is 0 Å². The summed E-state index contributed by atoms with van der Waals surface area (Å²) >= 11 is 1.53. The average Bonchev–Trinajstić information content (AvgIpc) is 3.05. The standard InChI is InChI=1S/C34H39N4O7PS/c1-5-43-34(41)31(17-25-9-7-6-8-10-25)38-46(42,37-24(4)21-39)30-13-11-27(12-14-30)45-29-19-26(18-28(20-29)44-23(2)3)33(40)36-32-22-47-16-15-35-32/h6-16,18-21,23-24,31H,5,17,22H2,1-4H3,(H,35,36,40)(H2,37,38,42)/t24?,31-,46?/m0/s1. The van der Waals surface area contributed by atoms with Crippen molar-refractivity contribution in [3.05, 3.63) is 95.5 Å². The number of aldehydes is 1. The zero-order valence-corrected chi connectivity index (χ0v) is 28.4. The maximum Gasteiger partial charge on any atom is 0.323 e. The molecule has 3 aromatic carbocycles. The van der Waals surface area contributed by atoms with Crippen LogP contribution in [0, 0.1) is 0 Å². The number of amidine groups is 1. The molecular formula is C34H39N4O7PS. The van der Waals surface area contributed by atoms with Gasteiger partial charge in [0.25, 0.3) is 5.91 Å². The molecule has 11 nitrogen and oxygen atoms in total. The number of thioether (sulfide) groups is 1. The minimum atomic E-state index is -3.76. The van der Waals surface area contributed by atoms with Crippen molar-refractivity contribution in [1.29, 1.82) is 0 Å². The first-order valence-corrected chi connectivity index (χ1v) is 17.9. The number of nitrogens with one attached hydrogen (secondary N) is 3. The number of ether oxygens (including phenoxy) is 3. The lowest BCUT2D eigenvalue weighted by Gasteiger charge is -2.27. The third-order valence-corrected chi connectivity index (χ3v) is 9.82. The summed E-state index contributed by atoms with van der Waals surface area (Å²) in [6.45, 7) is 7.18. The van der Waals surface area contributed by atoms with Crippen LogP contribution in [0.5, 0.6) is 17.2 Å². The van der Waals surface area contributed by atoms with Crippen molar-refractivity contribution in [3.8, 4) is 17.2 Å². The highest BCUT2D eigenvalue weighted by Crippen LogP contribution is 2.38. The highest BCUT2D eigenvalue weighted by Gasteiger charge is 2.33. The van der Waals surface area contributed by atoms with Crippen molar-refractivity contribution in [1.82, 2.24) is 15.5 Å². The van der Waals surface area contributed by atoms with Crippen LogP contribution in [-0.2, 0) is 25.3 Å². The van der Waals surface area contributed by atoms with E-state index >= 15 is 0 Å². The second-order valence-corrected chi connectivity index (χ2v) is 14.0. The quantitative estimate of drug-likeness (QED) is 0.109. The molecule has 3 N–H and O–H groups in total. The number of hydrogen-bond acceptors (Lipinski definition) is 9. The Balaban J connectivity index is 1.60. The molecule has 0 saturated heterocycles. The van der Waals surface area contributed by atoms with Gasteiger partial charge >= 0.3 is 5.97 Å². The smallest absolute Gasteiger partial charge is 0.323 e. The van der Waals surface area contributed by atoms with Gasteiger partial charge in [-0.1, -0.05) is 30.3 Å². The van der Waals surface area contributed by atoms with Crippen LogP contribution >= 0.6 is 19.2 Å². The Kier molecular flexibility index (Phi) is 12.9. The van der Waals surface area contributed by atoms with E-state index in [1.165, 1.54) is 11.8 Å². The summed E-state index contributed by atoms with van der Waals surface area (Å²) in [4.78, 5) is 41.9. The van der Waals surface area contributed by atoms with Crippen molar-refractivity contribution >= 4 is 48.5 Å². The average molecular weight is 679 g/mol. The van der Waals surface area contributed by atoms with Gasteiger partial charge in [0.1, 0.15) is 35.4 Å². The maximum absolute atomic E-state index is 14.5. The second-order valence-electron chi connectivity index (χ2n) is 10.9. The SMILES string of the molecule is CCOC(=O)[C@H](Cc1ccccc1)NP(=O)(NC(C)C=O)c1ccc(Oc2cc(OC(C)C)cc(C(=O)NC3=NC=CSC3)c2)cc1. The van der Waals surface area contributed by atoms with Gasteiger partial charge in [-0.25, -0.2) is 15.2 Å². The molecule has 1 aliphatic heterocycles. The number of nitrogens with zero attached hydrogens (tertiary/aromatic N) is 1. The lowest BCUT2D eigenvalue weighted by Crippen LogP contribution is -2.45. The molecule has 2 unspecified atom stereocenters. The van der Waals surface area contributed by atoms with Gasteiger partial charge < -0.3 is 24.3 Å². The van der Waals surface area contributed by atoms with Crippen molar-refractivity contribution < 1.29 is 33.2 Å². The highest BCUT2D eigenvalue weighted by molar-refractivity contribution is 8.02. The Hall–Kier alpha value is -4.22. The monoisotopic (exact) mass is 678 g/mol. The van der Waals surface area contributed by atoms with Crippen LogP contribution in [-0.4, -0.2) is 54.5 Å². The molecule has 248 valence electrons. The predicted octanol–water partition coefficient (Wildman–Crippen LogP) is 5.37. The molecule has 0 aliphatic carbocycles. The lowest BCUT2D eigenvalue weighted by molar-refractivity contribution is -0.145. The fraction of sp³-hybridized carbons (Fsp3) is 0.294. The molecule has 13 heteroatoms. The van der Waals surface area contributed by atoms with E-state index in [2.05, 4.69) is 20.5 Å². The largest absolute Gasteiger partial charge is 0.491 e. The van der Waals surface area contributed by atoms with Crippen molar-refractivity contribution in [2.24, 2.45) is 4.99 Å². The van der Waals surface area contributed by atoms with E-state index in [1.54, 1.807) is 62.5 Å². The van der Waals surface area contributed by atoms with Crippen LogP contribution in [0.15, 0.2) is 89.4 Å². The normalized spacial score (nSPS) is 15.1. The summed E-state index contributed by atoms with van der Waals surface area (Å²) in [7, 11) is -3.76. The fourth-order valence-electron chi connectivity index (χ4n) is 4.56. The number of benzene rings is 3. The van der Waals surface area contributed by atoms with Crippen LogP contribution < -0.4 is 30.3 Å². The summed E-state index contributed by atoms with van der Waals surface area (Å²) in [5.41, 5.74) is 1.16. The summed E-state index contributed by atoms with van der Waals surface area (Å²) in [6.07, 6.45) is 2.34. The van der Waals surface area contributed by atoms with Crippen molar-refractivity contribution in [3.63, 3.8) is 0 Å².